The van der Waals surface area contributed by atoms with E-state index in [-0.39, 0.29) is 4.90 Å². The molecule has 0 aliphatic carbocycles. The van der Waals surface area contributed by atoms with E-state index in [9.17, 15) is 13.2 Å². The molecular weight excluding hydrogens is 477 g/mol. The maximum Gasteiger partial charge on any atom is 0.279 e. The molecule has 1 heterocycles. The van der Waals surface area contributed by atoms with Crippen molar-refractivity contribution >= 4 is 60.7 Å². The number of fused-ring (bicyclic) bond motifs is 1. The van der Waals surface area contributed by atoms with Gasteiger partial charge in [-0.05, 0) is 49.2 Å². The highest BCUT2D eigenvalue weighted by Crippen LogP contribution is 2.31. The van der Waals surface area contributed by atoms with Gasteiger partial charge < -0.3 is 4.57 Å². The molecule has 31 heavy (non-hydrogen) atoms. The summed E-state index contributed by atoms with van der Waals surface area (Å²) < 4.78 is 29.8. The van der Waals surface area contributed by atoms with Crippen LogP contribution in [0.2, 0.25) is 10.0 Å². The SMILES string of the molecule is CCCN(CCC)S(=O)(=O)c1ccc(C(=O)N=c2sc3ccc(Cl)c(Cl)c3n2C)cc1. The molecule has 0 aliphatic rings. The average Bonchev–Trinajstić information content (AvgIpc) is 3.06. The van der Waals surface area contributed by atoms with Gasteiger partial charge in [-0.15, -0.1) is 0 Å². The van der Waals surface area contributed by atoms with Crippen LogP contribution in [-0.2, 0) is 17.1 Å². The number of aryl methyl sites for hydroxylation is 1. The van der Waals surface area contributed by atoms with Gasteiger partial charge in [-0.3, -0.25) is 4.79 Å². The number of hydrogen-bond acceptors (Lipinski definition) is 4. The van der Waals surface area contributed by atoms with Crippen LogP contribution in [0.4, 0.5) is 0 Å². The van der Waals surface area contributed by atoms with Crippen LogP contribution >= 0.6 is 34.5 Å². The number of aromatic nitrogens is 1. The van der Waals surface area contributed by atoms with Crippen molar-refractivity contribution in [1.82, 2.24) is 8.87 Å². The number of benzene rings is 2. The van der Waals surface area contributed by atoms with Crippen LogP contribution < -0.4 is 4.80 Å². The highest BCUT2D eigenvalue weighted by atomic mass is 35.5. The molecule has 10 heteroatoms. The van der Waals surface area contributed by atoms with Gasteiger partial charge in [-0.1, -0.05) is 48.4 Å². The highest BCUT2D eigenvalue weighted by Gasteiger charge is 2.23. The zero-order valence-electron chi connectivity index (χ0n) is 17.4. The Morgan fingerprint density at radius 2 is 1.68 bits per heavy atom. The van der Waals surface area contributed by atoms with Crippen LogP contribution in [0.3, 0.4) is 0 Å². The zero-order chi connectivity index (χ0) is 22.8. The maximum absolute atomic E-state index is 12.9. The molecule has 0 spiro atoms. The normalized spacial score (nSPS) is 12.8. The molecule has 0 aliphatic heterocycles. The molecule has 0 radical (unpaired) electrons. The van der Waals surface area contributed by atoms with E-state index >= 15 is 0 Å². The van der Waals surface area contributed by atoms with Crippen LogP contribution in [0.15, 0.2) is 46.3 Å². The second-order valence-electron chi connectivity index (χ2n) is 7.00. The van der Waals surface area contributed by atoms with E-state index in [1.54, 1.807) is 17.7 Å². The van der Waals surface area contributed by atoms with Crippen molar-refractivity contribution in [2.24, 2.45) is 12.0 Å². The third-order valence-electron chi connectivity index (χ3n) is 4.74. The van der Waals surface area contributed by atoms with Crippen LogP contribution in [0.1, 0.15) is 37.0 Å². The summed E-state index contributed by atoms with van der Waals surface area (Å²) >= 11 is 13.7. The Bertz CT molecular complexity index is 1270. The predicted octanol–water partition coefficient (Wildman–Crippen LogP) is 5.10. The topological polar surface area (TPSA) is 71.7 Å². The number of carbonyl (C=O) groups is 1. The van der Waals surface area contributed by atoms with Crippen molar-refractivity contribution in [3.05, 3.63) is 56.8 Å². The molecule has 2 aromatic carbocycles. The Kier molecular flexibility index (Phi) is 7.59. The van der Waals surface area contributed by atoms with Gasteiger partial charge >= 0.3 is 0 Å². The summed E-state index contributed by atoms with van der Waals surface area (Å²) in [6, 6.07) is 9.43. The highest BCUT2D eigenvalue weighted by molar-refractivity contribution is 7.89. The lowest BCUT2D eigenvalue weighted by atomic mass is 10.2. The molecule has 0 saturated heterocycles. The summed E-state index contributed by atoms with van der Waals surface area (Å²) in [5, 5.41) is 0.836. The third-order valence-corrected chi connectivity index (χ3v) is 8.54. The van der Waals surface area contributed by atoms with E-state index in [0.29, 0.717) is 39.0 Å². The van der Waals surface area contributed by atoms with Crippen LogP contribution in [0.25, 0.3) is 10.2 Å². The molecule has 0 unspecified atom stereocenters. The zero-order valence-corrected chi connectivity index (χ0v) is 20.6. The number of halogens is 2. The molecule has 0 saturated carbocycles. The van der Waals surface area contributed by atoms with Gasteiger partial charge in [0.15, 0.2) is 4.80 Å². The predicted molar refractivity (Wildman–Crippen MR) is 126 cm³/mol. The number of sulfonamides is 1. The first-order valence-electron chi connectivity index (χ1n) is 9.83. The van der Waals surface area contributed by atoms with E-state index in [1.165, 1.54) is 39.9 Å². The quantitative estimate of drug-likeness (QED) is 0.453. The fourth-order valence-electron chi connectivity index (χ4n) is 3.20. The first kappa shape index (κ1) is 23.9. The molecule has 3 aromatic rings. The van der Waals surface area contributed by atoms with E-state index < -0.39 is 15.9 Å². The van der Waals surface area contributed by atoms with E-state index in [1.807, 2.05) is 19.9 Å². The van der Waals surface area contributed by atoms with E-state index in [4.69, 9.17) is 23.2 Å². The van der Waals surface area contributed by atoms with Crippen molar-refractivity contribution in [2.45, 2.75) is 31.6 Å². The summed E-state index contributed by atoms with van der Waals surface area (Å²) in [6.07, 6.45) is 1.46. The number of thiazole rings is 1. The van der Waals surface area contributed by atoms with Crippen LogP contribution in [0.5, 0.6) is 0 Å². The third kappa shape index (κ3) is 4.88. The average molecular weight is 500 g/mol. The summed E-state index contributed by atoms with van der Waals surface area (Å²) in [5.41, 5.74) is 1.01. The lowest BCUT2D eigenvalue weighted by Crippen LogP contribution is -2.32. The maximum atomic E-state index is 12.9. The number of nitrogens with zero attached hydrogens (tertiary/aromatic N) is 3. The van der Waals surface area contributed by atoms with Gasteiger partial charge in [-0.25, -0.2) is 8.42 Å². The number of amides is 1. The molecule has 0 bridgehead atoms. The minimum atomic E-state index is -3.60. The molecule has 166 valence electrons. The largest absolute Gasteiger partial charge is 0.318 e. The lowest BCUT2D eigenvalue weighted by Gasteiger charge is -2.21. The monoisotopic (exact) mass is 499 g/mol. The molecule has 0 N–H and O–H groups in total. The van der Waals surface area contributed by atoms with Gasteiger partial charge in [0, 0.05) is 25.7 Å². The van der Waals surface area contributed by atoms with Crippen molar-refractivity contribution in [1.29, 1.82) is 0 Å². The van der Waals surface area contributed by atoms with Crippen molar-refractivity contribution in [3.63, 3.8) is 0 Å². The van der Waals surface area contributed by atoms with Crippen molar-refractivity contribution in [2.75, 3.05) is 13.1 Å². The molecular formula is C21H23Cl2N3O3S2. The molecule has 6 nitrogen and oxygen atoms in total. The van der Waals surface area contributed by atoms with Crippen molar-refractivity contribution < 1.29 is 13.2 Å². The standard InChI is InChI=1S/C21H23Cl2N3O3S2/c1-4-12-26(13-5-2)31(28,29)15-8-6-14(7-9-15)20(27)24-21-25(3)19-17(30-21)11-10-16(22)18(19)23/h6-11H,4-5,12-13H2,1-3H3. The Morgan fingerprint density at radius 3 is 2.26 bits per heavy atom. The number of hydrogen-bond donors (Lipinski definition) is 0. The van der Waals surface area contributed by atoms with Gasteiger partial charge in [0.2, 0.25) is 10.0 Å². The minimum absolute atomic E-state index is 0.166. The summed E-state index contributed by atoms with van der Waals surface area (Å²) in [4.78, 5) is 17.5. The first-order valence-corrected chi connectivity index (χ1v) is 12.8. The van der Waals surface area contributed by atoms with Gasteiger partial charge in [0.1, 0.15) is 0 Å². The second-order valence-corrected chi connectivity index (χ2v) is 10.7. The Hall–Kier alpha value is -1.71. The summed E-state index contributed by atoms with van der Waals surface area (Å²) in [6.45, 7) is 4.80. The molecule has 1 amide bonds. The first-order chi connectivity index (χ1) is 14.7. The number of rotatable bonds is 7. The van der Waals surface area contributed by atoms with E-state index in [0.717, 1.165) is 17.5 Å². The Balaban J connectivity index is 1.93. The summed E-state index contributed by atoms with van der Waals surface area (Å²) in [7, 11) is -1.83. The van der Waals surface area contributed by atoms with Gasteiger partial charge in [0.05, 0.1) is 25.2 Å². The van der Waals surface area contributed by atoms with Crippen LogP contribution in [0, 0.1) is 0 Å². The van der Waals surface area contributed by atoms with Crippen LogP contribution in [-0.4, -0.2) is 36.3 Å². The van der Waals surface area contributed by atoms with Gasteiger partial charge in [0.25, 0.3) is 5.91 Å². The second kappa shape index (κ2) is 9.83. The fourth-order valence-corrected chi connectivity index (χ4v) is 6.35. The van der Waals surface area contributed by atoms with E-state index in [2.05, 4.69) is 4.99 Å². The molecule has 0 atom stereocenters. The smallest absolute Gasteiger partial charge is 0.279 e. The Labute approximate surface area is 195 Å². The van der Waals surface area contributed by atoms with Gasteiger partial charge in [-0.2, -0.15) is 9.30 Å². The lowest BCUT2D eigenvalue weighted by molar-refractivity contribution is 0.0998. The molecule has 0 fully saturated rings. The Morgan fingerprint density at radius 1 is 1.06 bits per heavy atom. The minimum Gasteiger partial charge on any atom is -0.318 e. The molecule has 1 aromatic heterocycles. The summed E-state index contributed by atoms with van der Waals surface area (Å²) in [5.74, 6) is -0.465. The molecule has 3 rings (SSSR count). The fraction of sp³-hybridized carbons (Fsp3) is 0.333. The van der Waals surface area contributed by atoms with Crippen molar-refractivity contribution in [3.8, 4) is 0 Å². The number of carbonyl (C=O) groups excluding carboxylic acids is 1.